The van der Waals surface area contributed by atoms with Crippen molar-refractivity contribution in [1.29, 1.82) is 0 Å². The Balaban J connectivity index is 1.45. The third kappa shape index (κ3) is 6.24. The molecule has 3 amide bonds. The molecule has 0 aliphatic carbocycles. The summed E-state index contributed by atoms with van der Waals surface area (Å²) in [6.45, 7) is 2.05. The average molecular weight is 689 g/mol. The fourth-order valence-corrected chi connectivity index (χ4v) is 5.60. The number of rotatable bonds is 10. The van der Waals surface area contributed by atoms with Gasteiger partial charge in [0, 0.05) is 21.6 Å². The van der Waals surface area contributed by atoms with Crippen LogP contribution >= 0.6 is 34.2 Å². The van der Waals surface area contributed by atoms with Gasteiger partial charge in [0.1, 0.15) is 40.9 Å². The number of aliphatic hydroxyl groups excluding tert-OH is 1. The molecule has 8 nitrogen and oxygen atoms in total. The zero-order chi connectivity index (χ0) is 29.1. The third-order valence-corrected chi connectivity index (χ3v) is 8.07. The first kappa shape index (κ1) is 29.0. The molecule has 1 aliphatic rings. The van der Waals surface area contributed by atoms with Crippen molar-refractivity contribution in [3.8, 4) is 17.0 Å². The number of hydrogen-bond acceptors (Lipinski definition) is 5. The van der Waals surface area contributed by atoms with E-state index in [1.807, 2.05) is 59.8 Å². The number of aliphatic hydroxyl groups is 1. The Morgan fingerprint density at radius 1 is 1.12 bits per heavy atom. The SMILES string of the molecule is C[C@@H](c1ccccc1)C(CN1C(=O)N[C@H](c2ccc(OCCO)cc2)C1=O)c1nc(-c2ccc(I)cc2F)c(Cl)[nH]1. The number of nitrogens with one attached hydrogen (secondary N) is 2. The van der Waals surface area contributed by atoms with Crippen LogP contribution in [0.1, 0.15) is 41.8 Å². The minimum atomic E-state index is -0.862. The fourth-order valence-electron chi connectivity index (χ4n) is 4.91. The number of benzene rings is 3. The lowest BCUT2D eigenvalue weighted by atomic mass is 9.86. The van der Waals surface area contributed by atoms with Gasteiger partial charge in [-0.05, 0) is 70.0 Å². The maximum atomic E-state index is 14.8. The highest BCUT2D eigenvalue weighted by Crippen LogP contribution is 2.37. The van der Waals surface area contributed by atoms with Crippen LogP contribution in [0, 0.1) is 9.39 Å². The smallest absolute Gasteiger partial charge is 0.325 e. The summed E-state index contributed by atoms with van der Waals surface area (Å²) in [6, 6.07) is 19.9. The number of hydrogen-bond donors (Lipinski definition) is 3. The molecule has 1 saturated heterocycles. The molecular formula is C30H27ClFIN4O4. The number of urea groups is 1. The maximum Gasteiger partial charge on any atom is 0.325 e. The molecule has 1 aromatic heterocycles. The number of amides is 3. The Labute approximate surface area is 255 Å². The first-order valence-electron chi connectivity index (χ1n) is 13.0. The van der Waals surface area contributed by atoms with Crippen LogP contribution in [0.4, 0.5) is 9.18 Å². The highest BCUT2D eigenvalue weighted by Gasteiger charge is 2.41. The number of carbonyl (C=O) groups is 2. The Morgan fingerprint density at radius 2 is 1.85 bits per heavy atom. The summed E-state index contributed by atoms with van der Waals surface area (Å²) in [5, 5.41) is 11.9. The van der Waals surface area contributed by atoms with E-state index in [4.69, 9.17) is 21.4 Å². The normalized spacial score (nSPS) is 16.5. The molecule has 3 N–H and O–H groups in total. The van der Waals surface area contributed by atoms with Crippen LogP contribution in [-0.4, -0.2) is 51.7 Å². The van der Waals surface area contributed by atoms with E-state index in [9.17, 15) is 14.0 Å². The second-order valence-corrected chi connectivity index (χ2v) is 11.3. The van der Waals surface area contributed by atoms with Gasteiger partial charge in [-0.1, -0.05) is 61.0 Å². The molecule has 4 aromatic rings. The Hall–Kier alpha value is -3.48. The number of aromatic nitrogens is 2. The molecule has 5 rings (SSSR count). The predicted molar refractivity (Wildman–Crippen MR) is 161 cm³/mol. The molecule has 0 radical (unpaired) electrons. The van der Waals surface area contributed by atoms with Crippen molar-refractivity contribution in [3.63, 3.8) is 0 Å². The largest absolute Gasteiger partial charge is 0.491 e. The van der Waals surface area contributed by atoms with Crippen molar-refractivity contribution in [1.82, 2.24) is 20.2 Å². The molecule has 212 valence electrons. The molecule has 3 aromatic carbocycles. The number of carbonyl (C=O) groups excluding carboxylic acids is 2. The van der Waals surface area contributed by atoms with E-state index in [1.165, 1.54) is 11.0 Å². The van der Waals surface area contributed by atoms with Gasteiger partial charge in [0.25, 0.3) is 5.91 Å². The van der Waals surface area contributed by atoms with Crippen LogP contribution < -0.4 is 10.1 Å². The Bertz CT molecular complexity index is 1550. The number of imidazole rings is 1. The number of imide groups is 1. The average Bonchev–Trinajstić information content (AvgIpc) is 3.49. The minimum Gasteiger partial charge on any atom is -0.491 e. The number of ether oxygens (including phenoxy) is 1. The predicted octanol–water partition coefficient (Wildman–Crippen LogP) is 6.03. The van der Waals surface area contributed by atoms with Gasteiger partial charge in [0.05, 0.1) is 6.61 Å². The Morgan fingerprint density at radius 3 is 2.54 bits per heavy atom. The quantitative estimate of drug-likeness (QED) is 0.140. The van der Waals surface area contributed by atoms with Gasteiger partial charge < -0.3 is 20.1 Å². The van der Waals surface area contributed by atoms with E-state index < -0.39 is 29.7 Å². The van der Waals surface area contributed by atoms with E-state index in [0.717, 1.165) is 9.13 Å². The number of aromatic amines is 1. The number of nitrogens with zero attached hydrogens (tertiary/aromatic N) is 2. The molecule has 1 aliphatic heterocycles. The lowest BCUT2D eigenvalue weighted by Crippen LogP contribution is -2.36. The number of H-pyrrole nitrogens is 1. The fraction of sp³-hybridized carbons (Fsp3) is 0.233. The van der Waals surface area contributed by atoms with Crippen LogP contribution in [0.25, 0.3) is 11.3 Å². The second-order valence-electron chi connectivity index (χ2n) is 9.69. The minimum absolute atomic E-state index is 0.0212. The van der Waals surface area contributed by atoms with Crippen molar-refractivity contribution in [2.75, 3.05) is 19.8 Å². The number of halogens is 3. The highest BCUT2D eigenvalue weighted by molar-refractivity contribution is 14.1. The van der Waals surface area contributed by atoms with Gasteiger partial charge in [-0.2, -0.15) is 0 Å². The maximum absolute atomic E-state index is 14.8. The first-order valence-corrected chi connectivity index (χ1v) is 14.4. The van der Waals surface area contributed by atoms with E-state index in [1.54, 1.807) is 36.4 Å². The summed E-state index contributed by atoms with van der Waals surface area (Å²) in [5.74, 6) is -0.522. The van der Waals surface area contributed by atoms with Crippen molar-refractivity contribution < 1.29 is 23.8 Å². The molecule has 41 heavy (non-hydrogen) atoms. The summed E-state index contributed by atoms with van der Waals surface area (Å²) in [5.41, 5.74) is 2.10. The zero-order valence-corrected chi connectivity index (χ0v) is 24.9. The van der Waals surface area contributed by atoms with E-state index in [2.05, 4.69) is 15.3 Å². The lowest BCUT2D eigenvalue weighted by Gasteiger charge is -2.26. The molecule has 2 heterocycles. The summed E-state index contributed by atoms with van der Waals surface area (Å²) < 4.78 is 21.0. The van der Waals surface area contributed by atoms with E-state index >= 15 is 0 Å². The van der Waals surface area contributed by atoms with Crippen LogP contribution in [0.3, 0.4) is 0 Å². The second kappa shape index (κ2) is 12.6. The van der Waals surface area contributed by atoms with Gasteiger partial charge in [0.2, 0.25) is 0 Å². The van der Waals surface area contributed by atoms with E-state index in [0.29, 0.717) is 17.1 Å². The van der Waals surface area contributed by atoms with E-state index in [-0.39, 0.29) is 42.1 Å². The zero-order valence-electron chi connectivity index (χ0n) is 22.0. The van der Waals surface area contributed by atoms with Gasteiger partial charge >= 0.3 is 6.03 Å². The van der Waals surface area contributed by atoms with Gasteiger partial charge in [-0.15, -0.1) is 0 Å². The van der Waals surface area contributed by atoms with Crippen molar-refractivity contribution in [2.45, 2.75) is 24.8 Å². The highest BCUT2D eigenvalue weighted by atomic mass is 127. The third-order valence-electron chi connectivity index (χ3n) is 7.12. The van der Waals surface area contributed by atoms with Crippen LogP contribution in [0.2, 0.25) is 5.15 Å². The lowest BCUT2D eigenvalue weighted by molar-refractivity contribution is -0.127. The standard InChI is InChI=1S/C30H27ClFIN4O4/c1-17(18-5-3-2-4-6-18)23(28-34-26(27(31)36-28)22-12-9-20(33)15-24(22)32)16-37-29(39)25(35-30(37)40)19-7-10-21(11-8-19)41-14-13-38/h2-12,15,17,23,25,38H,13-14,16H2,1H3,(H,34,36)(H,35,40)/t17-,23?,25+/m0/s1. The molecule has 0 spiro atoms. The molecule has 1 unspecified atom stereocenters. The summed E-state index contributed by atoms with van der Waals surface area (Å²) in [6.07, 6.45) is 0. The summed E-state index contributed by atoms with van der Waals surface area (Å²) in [7, 11) is 0. The van der Waals surface area contributed by atoms with Crippen molar-refractivity contribution in [3.05, 3.63) is 104 Å². The van der Waals surface area contributed by atoms with Crippen LogP contribution in [0.15, 0.2) is 72.8 Å². The monoisotopic (exact) mass is 688 g/mol. The molecular weight excluding hydrogens is 662 g/mol. The van der Waals surface area contributed by atoms with Crippen LogP contribution in [-0.2, 0) is 4.79 Å². The topological polar surface area (TPSA) is 108 Å². The molecule has 0 saturated carbocycles. The first-order chi connectivity index (χ1) is 19.8. The molecule has 1 fully saturated rings. The summed E-state index contributed by atoms with van der Waals surface area (Å²) in [4.78, 5) is 35.6. The van der Waals surface area contributed by atoms with Gasteiger partial charge in [-0.3, -0.25) is 9.69 Å². The Kier molecular flexibility index (Phi) is 8.91. The van der Waals surface area contributed by atoms with Crippen LogP contribution in [0.5, 0.6) is 5.75 Å². The van der Waals surface area contributed by atoms with Crippen molar-refractivity contribution in [2.24, 2.45) is 0 Å². The van der Waals surface area contributed by atoms with Crippen molar-refractivity contribution >= 4 is 46.1 Å². The molecule has 0 bridgehead atoms. The molecule has 3 atom stereocenters. The van der Waals surface area contributed by atoms with Gasteiger partial charge in [0.15, 0.2) is 0 Å². The molecule has 11 heteroatoms. The summed E-state index contributed by atoms with van der Waals surface area (Å²) >= 11 is 8.57. The van der Waals surface area contributed by atoms with Gasteiger partial charge in [-0.25, -0.2) is 14.2 Å².